The van der Waals surface area contributed by atoms with Crippen molar-refractivity contribution in [2.24, 2.45) is 0 Å². The third kappa shape index (κ3) is 6.74. The van der Waals surface area contributed by atoms with E-state index < -0.39 is 41.3 Å². The first-order chi connectivity index (χ1) is 14.6. The molecule has 2 aromatic rings. The van der Waals surface area contributed by atoms with Gasteiger partial charge in [0.2, 0.25) is 0 Å². The van der Waals surface area contributed by atoms with Gasteiger partial charge in [0, 0.05) is 15.0 Å². The van der Waals surface area contributed by atoms with E-state index in [1.807, 2.05) is 0 Å². The van der Waals surface area contributed by atoms with E-state index in [0.717, 1.165) is 24.3 Å². The summed E-state index contributed by atoms with van der Waals surface area (Å²) in [5.41, 5.74) is -2.15. The number of nitrogens with one attached hydrogen (secondary N) is 1. The minimum Gasteiger partial charge on any atom is -0.350 e. The first-order valence-corrected chi connectivity index (χ1v) is 11.0. The van der Waals surface area contributed by atoms with Gasteiger partial charge in [0.15, 0.2) is 0 Å². The minimum absolute atomic E-state index is 0.139. The molecule has 0 radical (unpaired) electrons. The van der Waals surface area contributed by atoms with Crippen LogP contribution in [0, 0.1) is 0 Å². The third-order valence-electron chi connectivity index (χ3n) is 4.21. The van der Waals surface area contributed by atoms with Crippen molar-refractivity contribution in [3.8, 4) is 0 Å². The number of carbonyl (C=O) groups is 1. The third-order valence-corrected chi connectivity index (χ3v) is 6.33. The Morgan fingerprint density at radius 1 is 1.03 bits per heavy atom. The zero-order valence-electron chi connectivity index (χ0n) is 16.5. The Morgan fingerprint density at radius 3 is 2.06 bits per heavy atom. The van der Waals surface area contributed by atoms with E-state index in [1.54, 1.807) is 13.8 Å². The molecule has 1 unspecified atom stereocenters. The lowest BCUT2D eigenvalue weighted by Gasteiger charge is -2.19. The number of rotatable bonds is 5. The van der Waals surface area contributed by atoms with E-state index >= 15 is 0 Å². The molecule has 1 N–H and O–H groups in total. The topological polar surface area (TPSA) is 29.1 Å². The standard InChI is InChI=1S/C21H16Br2ClF6NO/c1-10(2)31-19(32)13-5-3-11(7-15(13)21(28,29)30)4-6-14(20(25,26)27)12-8-16(22)18(24)17(23)9-12/h3-10,14H,1-2H3,(H,31,32)/b6-4+. The Hall–Kier alpha value is -1.52. The second-order valence-electron chi connectivity index (χ2n) is 7.11. The minimum atomic E-state index is -4.87. The van der Waals surface area contributed by atoms with E-state index in [1.165, 1.54) is 12.1 Å². The summed E-state index contributed by atoms with van der Waals surface area (Å²) < 4.78 is 82.0. The average molecular weight is 608 g/mol. The summed E-state index contributed by atoms with van der Waals surface area (Å²) in [5, 5.41) is 2.56. The number of allylic oxidation sites excluding steroid dienone is 1. The molecule has 0 saturated carbocycles. The number of hydrogen-bond donors (Lipinski definition) is 1. The van der Waals surface area contributed by atoms with Crippen molar-refractivity contribution >= 4 is 55.4 Å². The van der Waals surface area contributed by atoms with Crippen molar-refractivity contribution in [2.75, 3.05) is 0 Å². The lowest BCUT2D eigenvalue weighted by atomic mass is 9.96. The number of benzene rings is 2. The monoisotopic (exact) mass is 605 g/mol. The van der Waals surface area contributed by atoms with Crippen molar-refractivity contribution in [1.82, 2.24) is 5.32 Å². The molecule has 2 aromatic carbocycles. The maximum absolute atomic E-state index is 13.7. The van der Waals surface area contributed by atoms with Gasteiger partial charge in [-0.3, -0.25) is 4.79 Å². The van der Waals surface area contributed by atoms with Crippen molar-refractivity contribution in [2.45, 2.75) is 38.2 Å². The normalized spacial score (nSPS) is 13.6. The molecule has 1 atom stereocenters. The van der Waals surface area contributed by atoms with Crippen LogP contribution in [0.2, 0.25) is 5.02 Å². The molecule has 11 heteroatoms. The van der Waals surface area contributed by atoms with E-state index in [0.29, 0.717) is 6.07 Å². The molecule has 0 saturated heterocycles. The van der Waals surface area contributed by atoms with Gasteiger partial charge in [-0.1, -0.05) is 29.8 Å². The molecule has 0 aliphatic rings. The summed E-state index contributed by atoms with van der Waals surface area (Å²) in [6.07, 6.45) is -7.89. The largest absolute Gasteiger partial charge is 0.417 e. The SMILES string of the molecule is CC(C)NC(=O)c1ccc(/C=C/C(c2cc(Br)c(Cl)c(Br)c2)C(F)(F)F)cc1C(F)(F)F. The number of carbonyl (C=O) groups excluding carboxylic acids is 1. The lowest BCUT2D eigenvalue weighted by Crippen LogP contribution is -2.31. The van der Waals surface area contributed by atoms with Crippen LogP contribution in [0.1, 0.15) is 46.8 Å². The highest BCUT2D eigenvalue weighted by molar-refractivity contribution is 9.11. The highest BCUT2D eigenvalue weighted by Gasteiger charge is 2.39. The summed E-state index contributed by atoms with van der Waals surface area (Å²) in [5.74, 6) is -3.03. The fraction of sp³-hybridized carbons (Fsp3) is 0.286. The molecule has 2 rings (SSSR count). The maximum Gasteiger partial charge on any atom is 0.417 e. The number of amides is 1. The molecule has 174 valence electrons. The van der Waals surface area contributed by atoms with Gasteiger partial charge in [0.25, 0.3) is 5.91 Å². The Kier molecular flexibility index (Phi) is 8.50. The lowest BCUT2D eigenvalue weighted by molar-refractivity contribution is -0.139. The molecule has 0 fully saturated rings. The first kappa shape index (κ1) is 26.7. The van der Waals surface area contributed by atoms with Gasteiger partial charge in [0.05, 0.1) is 22.1 Å². The smallest absolute Gasteiger partial charge is 0.350 e. The molecule has 0 heterocycles. The van der Waals surface area contributed by atoms with Crippen molar-refractivity contribution in [3.05, 3.63) is 72.6 Å². The van der Waals surface area contributed by atoms with Crippen LogP contribution in [0.3, 0.4) is 0 Å². The van der Waals surface area contributed by atoms with Gasteiger partial charge in [-0.25, -0.2) is 0 Å². The number of hydrogen-bond acceptors (Lipinski definition) is 1. The molecule has 0 bridgehead atoms. The molecular formula is C21H16Br2ClF6NO. The second kappa shape index (κ2) is 10.2. The van der Waals surface area contributed by atoms with E-state index in [-0.39, 0.29) is 25.1 Å². The van der Waals surface area contributed by atoms with E-state index in [2.05, 4.69) is 37.2 Å². The van der Waals surface area contributed by atoms with Gasteiger partial charge >= 0.3 is 12.4 Å². The summed E-state index contributed by atoms with van der Waals surface area (Å²) in [7, 11) is 0. The Balaban J connectivity index is 2.50. The number of halogens is 9. The molecule has 0 aliphatic heterocycles. The molecule has 2 nitrogen and oxygen atoms in total. The zero-order chi connectivity index (χ0) is 24.4. The quantitative estimate of drug-likeness (QED) is 0.269. The van der Waals surface area contributed by atoms with Crippen LogP contribution in [-0.4, -0.2) is 18.1 Å². The molecule has 0 aromatic heterocycles. The van der Waals surface area contributed by atoms with Crippen LogP contribution in [0.15, 0.2) is 45.4 Å². The highest BCUT2D eigenvalue weighted by Crippen LogP contribution is 2.41. The van der Waals surface area contributed by atoms with Crippen molar-refractivity contribution in [1.29, 1.82) is 0 Å². The van der Waals surface area contributed by atoms with Crippen LogP contribution >= 0.6 is 43.5 Å². The summed E-state index contributed by atoms with van der Waals surface area (Å²) in [6.45, 7) is 3.18. The van der Waals surface area contributed by atoms with Crippen LogP contribution in [-0.2, 0) is 6.18 Å². The second-order valence-corrected chi connectivity index (χ2v) is 9.19. The summed E-state index contributed by atoms with van der Waals surface area (Å²) >= 11 is 12.1. The van der Waals surface area contributed by atoms with Crippen LogP contribution in [0.5, 0.6) is 0 Å². The molecule has 0 aliphatic carbocycles. The Labute approximate surface area is 202 Å². The van der Waals surface area contributed by atoms with Crippen molar-refractivity contribution in [3.63, 3.8) is 0 Å². The van der Waals surface area contributed by atoms with Gasteiger partial charge in [-0.2, -0.15) is 26.3 Å². The molecular weight excluding hydrogens is 591 g/mol. The van der Waals surface area contributed by atoms with Gasteiger partial charge in [-0.15, -0.1) is 0 Å². The Morgan fingerprint density at radius 2 is 1.59 bits per heavy atom. The Bertz CT molecular complexity index is 1010. The summed E-state index contributed by atoms with van der Waals surface area (Å²) in [6, 6.07) is 4.73. The predicted octanol–water partition coefficient (Wildman–Crippen LogP) is 8.38. The fourth-order valence-electron chi connectivity index (χ4n) is 2.81. The van der Waals surface area contributed by atoms with Gasteiger partial charge in [-0.05, 0) is 81.1 Å². The predicted molar refractivity (Wildman–Crippen MR) is 119 cm³/mol. The van der Waals surface area contributed by atoms with Gasteiger partial charge in [0.1, 0.15) is 0 Å². The summed E-state index contributed by atoms with van der Waals surface area (Å²) in [4.78, 5) is 12.1. The highest BCUT2D eigenvalue weighted by atomic mass is 79.9. The van der Waals surface area contributed by atoms with E-state index in [4.69, 9.17) is 11.6 Å². The fourth-order valence-corrected chi connectivity index (χ4v) is 4.14. The maximum atomic E-state index is 13.7. The van der Waals surface area contributed by atoms with Crippen LogP contribution < -0.4 is 5.32 Å². The van der Waals surface area contributed by atoms with Gasteiger partial charge < -0.3 is 5.32 Å². The molecule has 32 heavy (non-hydrogen) atoms. The molecule has 0 spiro atoms. The van der Waals surface area contributed by atoms with Crippen LogP contribution in [0.4, 0.5) is 26.3 Å². The number of alkyl halides is 6. The van der Waals surface area contributed by atoms with E-state index in [9.17, 15) is 31.1 Å². The molecule has 1 amide bonds. The zero-order valence-corrected chi connectivity index (χ0v) is 20.4. The average Bonchev–Trinajstić information content (AvgIpc) is 2.63. The van der Waals surface area contributed by atoms with Crippen LogP contribution in [0.25, 0.3) is 6.08 Å². The van der Waals surface area contributed by atoms with Crippen molar-refractivity contribution < 1.29 is 31.1 Å². The first-order valence-electron chi connectivity index (χ1n) is 9.02.